The smallest absolute Gasteiger partial charge is 0.194 e. The first-order valence-corrected chi connectivity index (χ1v) is 12.1. The maximum atomic E-state index is 11.5. The van der Waals surface area contributed by atoms with E-state index in [1.165, 1.54) is 0 Å². The maximum absolute atomic E-state index is 11.5. The minimum atomic E-state index is -2.82. The number of hydrogen-bond donors (Lipinski definition) is 1. The lowest BCUT2D eigenvalue weighted by Gasteiger charge is -2.38. The first-order valence-electron chi connectivity index (χ1n) is 9.93. The van der Waals surface area contributed by atoms with Crippen LogP contribution in [0.25, 0.3) is 0 Å². The zero-order valence-corrected chi connectivity index (χ0v) is 18.1. The fraction of sp³-hybridized carbons (Fsp3) is 0.632. The molecule has 0 amide bonds. The number of anilines is 1. The van der Waals surface area contributed by atoms with Gasteiger partial charge in [0.15, 0.2) is 15.8 Å². The highest BCUT2D eigenvalue weighted by Gasteiger charge is 2.22. The fourth-order valence-electron chi connectivity index (χ4n) is 3.55. The van der Waals surface area contributed by atoms with Gasteiger partial charge in [0.05, 0.1) is 18.1 Å². The van der Waals surface area contributed by atoms with Crippen LogP contribution in [0.1, 0.15) is 6.92 Å². The molecule has 0 aromatic heterocycles. The molecule has 3 rings (SSSR count). The maximum Gasteiger partial charge on any atom is 0.194 e. The number of nitrogens with zero attached hydrogens (tertiary/aromatic N) is 4. The zero-order valence-electron chi connectivity index (χ0n) is 16.5. The lowest BCUT2D eigenvalue weighted by Crippen LogP contribution is -2.52. The Bertz CT molecular complexity index is 764. The molecule has 2 fully saturated rings. The summed E-state index contributed by atoms with van der Waals surface area (Å²) in [6.45, 7) is 9.27. The SMILES string of the molecule is CCNC(=NCCN1CCS(=O)(=O)CC1)N1CCN(c2cccc(Cl)c2)CC1. The Labute approximate surface area is 173 Å². The van der Waals surface area contributed by atoms with Crippen molar-refractivity contribution in [3.05, 3.63) is 29.3 Å². The summed E-state index contributed by atoms with van der Waals surface area (Å²) in [5.41, 5.74) is 1.16. The van der Waals surface area contributed by atoms with Gasteiger partial charge in [0, 0.05) is 63.1 Å². The van der Waals surface area contributed by atoms with Gasteiger partial charge in [-0.1, -0.05) is 17.7 Å². The summed E-state index contributed by atoms with van der Waals surface area (Å²) in [7, 11) is -2.82. The molecular weight excluding hydrogens is 398 g/mol. The highest BCUT2D eigenvalue weighted by Crippen LogP contribution is 2.20. The van der Waals surface area contributed by atoms with Gasteiger partial charge in [-0.2, -0.15) is 0 Å². The lowest BCUT2D eigenvalue weighted by molar-refractivity contribution is 0.302. The monoisotopic (exact) mass is 427 g/mol. The normalized spacial score (nSPS) is 21.0. The van der Waals surface area contributed by atoms with Gasteiger partial charge in [0.1, 0.15) is 0 Å². The molecule has 9 heteroatoms. The van der Waals surface area contributed by atoms with Crippen molar-refractivity contribution in [3.8, 4) is 0 Å². The van der Waals surface area contributed by atoms with Crippen LogP contribution in [0.2, 0.25) is 5.02 Å². The average molecular weight is 428 g/mol. The van der Waals surface area contributed by atoms with Crippen LogP contribution in [0.5, 0.6) is 0 Å². The molecule has 156 valence electrons. The molecule has 2 heterocycles. The van der Waals surface area contributed by atoms with Crippen LogP contribution in [0.3, 0.4) is 0 Å². The molecule has 0 spiro atoms. The van der Waals surface area contributed by atoms with E-state index in [-0.39, 0.29) is 11.5 Å². The van der Waals surface area contributed by atoms with E-state index in [0.717, 1.165) is 55.9 Å². The van der Waals surface area contributed by atoms with E-state index in [4.69, 9.17) is 16.6 Å². The Morgan fingerprint density at radius 3 is 2.50 bits per heavy atom. The van der Waals surface area contributed by atoms with E-state index in [1.807, 2.05) is 18.2 Å². The van der Waals surface area contributed by atoms with E-state index in [2.05, 4.69) is 33.0 Å². The van der Waals surface area contributed by atoms with Crippen molar-refractivity contribution in [2.45, 2.75) is 6.92 Å². The van der Waals surface area contributed by atoms with Gasteiger partial charge in [-0.15, -0.1) is 0 Å². The summed E-state index contributed by atoms with van der Waals surface area (Å²) in [5.74, 6) is 1.47. The number of piperazine rings is 1. The third kappa shape index (κ3) is 5.99. The Kier molecular flexibility index (Phi) is 7.42. The van der Waals surface area contributed by atoms with Crippen LogP contribution in [0.4, 0.5) is 5.69 Å². The molecule has 2 saturated heterocycles. The minimum Gasteiger partial charge on any atom is -0.368 e. The molecule has 1 aromatic carbocycles. The van der Waals surface area contributed by atoms with Crippen LogP contribution in [-0.4, -0.2) is 94.6 Å². The zero-order chi connectivity index (χ0) is 20.0. The quantitative estimate of drug-likeness (QED) is 0.561. The summed E-state index contributed by atoms with van der Waals surface area (Å²) < 4.78 is 23.1. The van der Waals surface area contributed by atoms with E-state index in [9.17, 15) is 8.42 Å². The molecule has 7 nitrogen and oxygen atoms in total. The molecular formula is C19H30ClN5O2S. The first-order chi connectivity index (χ1) is 13.5. The van der Waals surface area contributed by atoms with Gasteiger partial charge >= 0.3 is 0 Å². The van der Waals surface area contributed by atoms with Crippen molar-refractivity contribution in [2.24, 2.45) is 4.99 Å². The Morgan fingerprint density at radius 2 is 1.86 bits per heavy atom. The van der Waals surface area contributed by atoms with E-state index in [1.54, 1.807) is 0 Å². The van der Waals surface area contributed by atoms with Crippen LogP contribution in [0.15, 0.2) is 29.3 Å². The van der Waals surface area contributed by atoms with Crippen molar-refractivity contribution in [3.63, 3.8) is 0 Å². The van der Waals surface area contributed by atoms with Crippen LogP contribution < -0.4 is 10.2 Å². The average Bonchev–Trinajstić information content (AvgIpc) is 2.69. The van der Waals surface area contributed by atoms with Crippen LogP contribution in [0, 0.1) is 0 Å². The summed E-state index contributed by atoms with van der Waals surface area (Å²) in [4.78, 5) is 11.6. The molecule has 1 aromatic rings. The second kappa shape index (κ2) is 9.80. The molecule has 0 aliphatic carbocycles. The number of sulfone groups is 1. The predicted octanol–water partition coefficient (Wildman–Crippen LogP) is 1.16. The Balaban J connectivity index is 1.50. The van der Waals surface area contributed by atoms with Gasteiger partial charge in [-0.3, -0.25) is 9.89 Å². The molecule has 0 saturated carbocycles. The third-order valence-electron chi connectivity index (χ3n) is 5.20. The molecule has 0 atom stereocenters. The number of halogens is 1. The van der Waals surface area contributed by atoms with Crippen molar-refractivity contribution >= 4 is 33.1 Å². The van der Waals surface area contributed by atoms with E-state index < -0.39 is 9.84 Å². The van der Waals surface area contributed by atoms with E-state index >= 15 is 0 Å². The fourth-order valence-corrected chi connectivity index (χ4v) is 5.01. The molecule has 28 heavy (non-hydrogen) atoms. The van der Waals surface area contributed by atoms with Gasteiger partial charge in [-0.25, -0.2) is 8.42 Å². The summed E-state index contributed by atoms with van der Waals surface area (Å²) in [6.07, 6.45) is 0. The van der Waals surface area contributed by atoms with Crippen LogP contribution >= 0.6 is 11.6 Å². The molecule has 2 aliphatic rings. The van der Waals surface area contributed by atoms with Crippen molar-refractivity contribution < 1.29 is 8.42 Å². The van der Waals surface area contributed by atoms with Crippen LogP contribution in [-0.2, 0) is 9.84 Å². The largest absolute Gasteiger partial charge is 0.368 e. The number of nitrogens with one attached hydrogen (secondary N) is 1. The molecule has 0 radical (unpaired) electrons. The topological polar surface area (TPSA) is 68.2 Å². The third-order valence-corrected chi connectivity index (χ3v) is 7.05. The standard InChI is InChI=1S/C19H30ClN5O2S/c1-2-21-19(22-6-7-23-12-14-28(26,27)15-13-23)25-10-8-24(9-11-25)18-5-3-4-17(20)16-18/h3-5,16H,2,6-15H2,1H3,(H,21,22). The molecule has 0 unspecified atom stereocenters. The first kappa shape index (κ1) is 21.2. The van der Waals surface area contributed by atoms with Crippen molar-refractivity contribution in [2.75, 3.05) is 75.3 Å². The Morgan fingerprint density at radius 1 is 1.14 bits per heavy atom. The van der Waals surface area contributed by atoms with Crippen molar-refractivity contribution in [1.29, 1.82) is 0 Å². The highest BCUT2D eigenvalue weighted by atomic mass is 35.5. The second-order valence-electron chi connectivity index (χ2n) is 7.18. The summed E-state index contributed by atoms with van der Waals surface area (Å²) in [5, 5.41) is 4.15. The summed E-state index contributed by atoms with van der Waals surface area (Å²) >= 11 is 6.12. The number of aliphatic imine (C=N–C) groups is 1. The summed E-state index contributed by atoms with van der Waals surface area (Å²) in [6, 6.07) is 7.99. The molecule has 0 bridgehead atoms. The highest BCUT2D eigenvalue weighted by molar-refractivity contribution is 7.91. The second-order valence-corrected chi connectivity index (χ2v) is 9.92. The van der Waals surface area contributed by atoms with Crippen molar-refractivity contribution in [1.82, 2.24) is 15.1 Å². The lowest BCUT2D eigenvalue weighted by atomic mass is 10.2. The Hall–Kier alpha value is -1.51. The number of hydrogen-bond acceptors (Lipinski definition) is 5. The number of rotatable bonds is 5. The molecule has 2 aliphatic heterocycles. The number of benzene rings is 1. The predicted molar refractivity (Wildman–Crippen MR) is 116 cm³/mol. The van der Waals surface area contributed by atoms with E-state index in [0.29, 0.717) is 19.6 Å². The number of guanidine groups is 1. The minimum absolute atomic E-state index is 0.266. The van der Waals surface area contributed by atoms with Gasteiger partial charge in [-0.05, 0) is 25.1 Å². The molecule has 1 N–H and O–H groups in total. The van der Waals surface area contributed by atoms with Gasteiger partial charge in [0.25, 0.3) is 0 Å². The van der Waals surface area contributed by atoms with Gasteiger partial charge in [0.2, 0.25) is 0 Å². The van der Waals surface area contributed by atoms with Gasteiger partial charge < -0.3 is 15.1 Å².